The lowest BCUT2D eigenvalue weighted by atomic mass is 9.98. The van der Waals surface area contributed by atoms with Gasteiger partial charge in [0.2, 0.25) is 0 Å². The molecule has 3 aromatic rings. The summed E-state index contributed by atoms with van der Waals surface area (Å²) in [5, 5.41) is 11.4. The molecule has 1 N–H and O–H groups in total. The fourth-order valence-corrected chi connectivity index (χ4v) is 3.65. The number of nitrogens with zero attached hydrogens (tertiary/aromatic N) is 1. The lowest BCUT2D eigenvalue weighted by molar-refractivity contribution is -0.132. The number of aliphatic hydroxyl groups excluding tert-OH is 1. The van der Waals surface area contributed by atoms with Crippen LogP contribution in [0, 0.1) is 13.8 Å². The molecule has 146 valence electrons. The number of carbonyl (C=O) groups excluding carboxylic acids is 2. The third-order valence-corrected chi connectivity index (χ3v) is 5.12. The number of ketones is 1. The third-order valence-electron chi connectivity index (χ3n) is 4.89. The molecule has 1 amide bonds. The number of anilines is 1. The lowest BCUT2D eigenvalue weighted by Crippen LogP contribution is -2.29. The zero-order valence-corrected chi connectivity index (χ0v) is 16.6. The minimum atomic E-state index is -0.900. The fraction of sp³-hybridized carbons (Fsp3) is 0.130. The molecule has 0 aliphatic carbocycles. The van der Waals surface area contributed by atoms with Crippen LogP contribution in [0.5, 0.6) is 0 Å². The summed E-state index contributed by atoms with van der Waals surface area (Å²) in [6, 6.07) is 16.3. The number of furan rings is 1. The molecular formula is C23H18ClNO4. The number of aryl methyl sites for hydroxylation is 2. The van der Waals surface area contributed by atoms with Crippen LogP contribution >= 0.6 is 11.6 Å². The molecule has 1 aromatic heterocycles. The van der Waals surface area contributed by atoms with Gasteiger partial charge in [0.15, 0.2) is 0 Å². The Morgan fingerprint density at radius 2 is 1.76 bits per heavy atom. The molecule has 1 atom stereocenters. The van der Waals surface area contributed by atoms with Crippen LogP contribution in [-0.2, 0) is 9.59 Å². The molecular weight excluding hydrogens is 390 g/mol. The molecule has 5 nitrogen and oxygen atoms in total. The molecule has 1 unspecified atom stereocenters. The number of amides is 1. The minimum absolute atomic E-state index is 0.0202. The smallest absolute Gasteiger partial charge is 0.300 e. The molecule has 0 radical (unpaired) electrons. The first kappa shape index (κ1) is 19.0. The van der Waals surface area contributed by atoms with Gasteiger partial charge in [0.25, 0.3) is 11.7 Å². The van der Waals surface area contributed by atoms with E-state index in [2.05, 4.69) is 0 Å². The van der Waals surface area contributed by atoms with Gasteiger partial charge in [0.05, 0.1) is 5.57 Å². The predicted molar refractivity (Wildman–Crippen MR) is 111 cm³/mol. The van der Waals surface area contributed by atoms with Crippen LogP contribution in [0.3, 0.4) is 0 Å². The summed E-state index contributed by atoms with van der Waals surface area (Å²) in [5.41, 5.74) is 1.89. The standard InChI is InChI=1S/C23H18ClNO4/c1-13-6-9-15(10-7-13)21(26)19-20(18-11-8-14(2)29-18)25(23(28)22(19)27)17-5-3-4-16(24)12-17/h3-12,20,26H,1-2H3/b21-19-. The highest BCUT2D eigenvalue weighted by atomic mass is 35.5. The van der Waals surface area contributed by atoms with E-state index in [0.717, 1.165) is 5.56 Å². The zero-order valence-electron chi connectivity index (χ0n) is 15.8. The molecule has 1 aliphatic heterocycles. The Kier molecular flexibility index (Phi) is 4.76. The second kappa shape index (κ2) is 7.26. The van der Waals surface area contributed by atoms with Crippen LogP contribution in [0.25, 0.3) is 5.76 Å². The van der Waals surface area contributed by atoms with Crippen molar-refractivity contribution in [3.05, 3.63) is 93.9 Å². The Morgan fingerprint density at radius 1 is 1.03 bits per heavy atom. The first-order chi connectivity index (χ1) is 13.9. The van der Waals surface area contributed by atoms with Crippen molar-refractivity contribution in [2.75, 3.05) is 4.90 Å². The monoisotopic (exact) mass is 407 g/mol. The van der Waals surface area contributed by atoms with E-state index in [1.54, 1.807) is 55.5 Å². The number of carbonyl (C=O) groups is 2. The Morgan fingerprint density at radius 3 is 2.38 bits per heavy atom. The van der Waals surface area contributed by atoms with Crippen molar-refractivity contribution in [3.8, 4) is 0 Å². The van der Waals surface area contributed by atoms with Crippen molar-refractivity contribution in [1.82, 2.24) is 0 Å². The summed E-state index contributed by atoms with van der Waals surface area (Å²) >= 11 is 6.11. The van der Waals surface area contributed by atoms with Gasteiger partial charge in [-0.05, 0) is 44.2 Å². The van der Waals surface area contributed by atoms with Crippen LogP contribution in [0.2, 0.25) is 5.02 Å². The third kappa shape index (κ3) is 3.34. The van der Waals surface area contributed by atoms with Gasteiger partial charge in [0.1, 0.15) is 23.3 Å². The maximum atomic E-state index is 13.0. The molecule has 4 rings (SSSR count). The van der Waals surface area contributed by atoms with Gasteiger partial charge in [-0.15, -0.1) is 0 Å². The van der Waals surface area contributed by atoms with E-state index in [0.29, 0.717) is 27.8 Å². The fourth-order valence-electron chi connectivity index (χ4n) is 3.46. The van der Waals surface area contributed by atoms with Crippen LogP contribution in [0.15, 0.2) is 70.7 Å². The van der Waals surface area contributed by atoms with Crippen LogP contribution in [-0.4, -0.2) is 16.8 Å². The number of hydrogen-bond acceptors (Lipinski definition) is 4. The molecule has 1 saturated heterocycles. The van der Waals surface area contributed by atoms with E-state index in [1.807, 2.05) is 19.1 Å². The first-order valence-electron chi connectivity index (χ1n) is 9.07. The molecule has 0 saturated carbocycles. The maximum absolute atomic E-state index is 13.0. The largest absolute Gasteiger partial charge is 0.507 e. The maximum Gasteiger partial charge on any atom is 0.300 e. The molecule has 0 bridgehead atoms. The van der Waals surface area contributed by atoms with Crippen molar-refractivity contribution >= 4 is 34.7 Å². The van der Waals surface area contributed by atoms with Crippen LogP contribution in [0.4, 0.5) is 5.69 Å². The molecule has 6 heteroatoms. The summed E-state index contributed by atoms with van der Waals surface area (Å²) in [6.45, 7) is 3.70. The second-order valence-corrected chi connectivity index (χ2v) is 7.40. The van der Waals surface area contributed by atoms with Crippen LogP contribution < -0.4 is 4.90 Å². The summed E-state index contributed by atoms with van der Waals surface area (Å²) in [6.07, 6.45) is 0. The van der Waals surface area contributed by atoms with Crippen molar-refractivity contribution in [2.45, 2.75) is 19.9 Å². The van der Waals surface area contributed by atoms with Gasteiger partial charge in [-0.3, -0.25) is 14.5 Å². The summed E-state index contributed by atoms with van der Waals surface area (Å²) in [5.74, 6) is -0.753. The number of aliphatic hydroxyl groups is 1. The van der Waals surface area contributed by atoms with Gasteiger partial charge in [-0.25, -0.2) is 0 Å². The topological polar surface area (TPSA) is 70.8 Å². The minimum Gasteiger partial charge on any atom is -0.507 e. The van der Waals surface area contributed by atoms with Gasteiger partial charge in [-0.2, -0.15) is 0 Å². The van der Waals surface area contributed by atoms with E-state index in [9.17, 15) is 14.7 Å². The van der Waals surface area contributed by atoms with Crippen molar-refractivity contribution < 1.29 is 19.1 Å². The Balaban J connectivity index is 1.94. The molecule has 0 spiro atoms. The van der Waals surface area contributed by atoms with Crippen molar-refractivity contribution in [3.63, 3.8) is 0 Å². The quantitative estimate of drug-likeness (QED) is 0.369. The summed E-state index contributed by atoms with van der Waals surface area (Å²) in [4.78, 5) is 27.2. The van der Waals surface area contributed by atoms with E-state index in [-0.39, 0.29) is 11.3 Å². The molecule has 1 aliphatic rings. The zero-order chi connectivity index (χ0) is 20.7. The highest BCUT2D eigenvalue weighted by Gasteiger charge is 2.48. The molecule has 2 heterocycles. The van der Waals surface area contributed by atoms with E-state index in [4.69, 9.17) is 16.0 Å². The van der Waals surface area contributed by atoms with E-state index >= 15 is 0 Å². The molecule has 29 heavy (non-hydrogen) atoms. The average molecular weight is 408 g/mol. The number of Topliss-reactive ketones (excluding diaryl/α,β-unsaturated/α-hetero) is 1. The highest BCUT2D eigenvalue weighted by molar-refractivity contribution is 6.51. The van der Waals surface area contributed by atoms with E-state index < -0.39 is 17.7 Å². The number of rotatable bonds is 3. The van der Waals surface area contributed by atoms with Crippen molar-refractivity contribution in [2.24, 2.45) is 0 Å². The Bertz CT molecular complexity index is 1140. The molecule has 2 aromatic carbocycles. The normalized spacial score (nSPS) is 18.4. The average Bonchev–Trinajstić information content (AvgIpc) is 3.23. The second-order valence-electron chi connectivity index (χ2n) is 6.96. The molecule has 1 fully saturated rings. The summed E-state index contributed by atoms with van der Waals surface area (Å²) in [7, 11) is 0. The van der Waals surface area contributed by atoms with Crippen LogP contribution in [0.1, 0.15) is 28.7 Å². The predicted octanol–water partition coefficient (Wildman–Crippen LogP) is 5.18. The number of hydrogen-bond donors (Lipinski definition) is 1. The Labute approximate surface area is 172 Å². The Hall–Kier alpha value is -3.31. The lowest BCUT2D eigenvalue weighted by Gasteiger charge is -2.23. The number of benzene rings is 2. The number of halogens is 1. The summed E-state index contributed by atoms with van der Waals surface area (Å²) < 4.78 is 5.76. The SMILES string of the molecule is Cc1ccc(/C(O)=C2/C(=O)C(=O)N(c3cccc(Cl)c3)C2c2ccc(C)o2)cc1. The highest BCUT2D eigenvalue weighted by Crippen LogP contribution is 2.43. The van der Waals surface area contributed by atoms with Crippen molar-refractivity contribution in [1.29, 1.82) is 0 Å². The first-order valence-corrected chi connectivity index (χ1v) is 9.44. The van der Waals surface area contributed by atoms with Gasteiger partial charge in [0, 0.05) is 16.3 Å². The van der Waals surface area contributed by atoms with Gasteiger partial charge in [-0.1, -0.05) is 47.5 Å². The van der Waals surface area contributed by atoms with E-state index in [1.165, 1.54) is 4.90 Å². The van der Waals surface area contributed by atoms with Gasteiger partial charge < -0.3 is 9.52 Å². The van der Waals surface area contributed by atoms with Gasteiger partial charge >= 0.3 is 0 Å².